The van der Waals surface area contributed by atoms with E-state index in [9.17, 15) is 9.59 Å². The zero-order valence-corrected chi connectivity index (χ0v) is 12.5. The van der Waals surface area contributed by atoms with Crippen molar-refractivity contribution in [2.24, 2.45) is 5.41 Å². The van der Waals surface area contributed by atoms with Crippen molar-refractivity contribution in [1.82, 2.24) is 20.3 Å². The maximum atomic E-state index is 12.1. The Morgan fingerprint density at radius 3 is 2.77 bits per heavy atom. The van der Waals surface area contributed by atoms with Crippen LogP contribution in [-0.4, -0.2) is 38.5 Å². The summed E-state index contributed by atoms with van der Waals surface area (Å²) in [5, 5.41) is 19.4. The van der Waals surface area contributed by atoms with Gasteiger partial charge in [0.15, 0.2) is 0 Å². The van der Waals surface area contributed by atoms with Crippen molar-refractivity contribution in [2.75, 3.05) is 6.54 Å². The average molecular weight is 302 g/mol. The van der Waals surface area contributed by atoms with Crippen LogP contribution >= 0.6 is 0 Å². The minimum absolute atomic E-state index is 0.247. The van der Waals surface area contributed by atoms with Gasteiger partial charge in [-0.2, -0.15) is 0 Å². The molecule has 0 bridgehead atoms. The van der Waals surface area contributed by atoms with Gasteiger partial charge in [0, 0.05) is 12.1 Å². The Kier molecular flexibility index (Phi) is 4.55. The Morgan fingerprint density at radius 2 is 2.14 bits per heavy atom. The standard InChI is InChI=1S/C15H18N4O3/c1-15(2,14(21)22)6-7-16-13(20)11-4-3-5-12(10-11)19-9-8-17-18-19/h3-5,8-10H,6-7H2,1-2H3,(H,16,20)(H,21,22). The van der Waals surface area contributed by atoms with E-state index in [0.717, 1.165) is 5.69 Å². The van der Waals surface area contributed by atoms with Gasteiger partial charge in [-0.3, -0.25) is 9.59 Å². The highest BCUT2D eigenvalue weighted by Crippen LogP contribution is 2.19. The third-order valence-corrected chi connectivity index (χ3v) is 3.41. The first-order valence-electron chi connectivity index (χ1n) is 6.88. The van der Waals surface area contributed by atoms with Gasteiger partial charge in [0.2, 0.25) is 0 Å². The first-order chi connectivity index (χ1) is 10.4. The molecular weight excluding hydrogens is 284 g/mol. The second kappa shape index (κ2) is 6.38. The molecule has 1 aromatic carbocycles. The number of carboxylic acids is 1. The molecule has 1 aromatic heterocycles. The number of carbonyl (C=O) groups is 2. The van der Waals surface area contributed by atoms with E-state index < -0.39 is 11.4 Å². The van der Waals surface area contributed by atoms with Crippen LogP contribution in [0.2, 0.25) is 0 Å². The van der Waals surface area contributed by atoms with Gasteiger partial charge >= 0.3 is 5.97 Å². The molecule has 116 valence electrons. The number of carboxylic acid groups (broad SMARTS) is 1. The van der Waals surface area contributed by atoms with Crippen molar-refractivity contribution in [3.63, 3.8) is 0 Å². The summed E-state index contributed by atoms with van der Waals surface area (Å²) < 4.78 is 1.56. The van der Waals surface area contributed by atoms with E-state index in [1.807, 2.05) is 6.07 Å². The van der Waals surface area contributed by atoms with Gasteiger partial charge in [-0.1, -0.05) is 11.3 Å². The number of rotatable bonds is 6. The molecule has 22 heavy (non-hydrogen) atoms. The molecule has 0 atom stereocenters. The number of aromatic nitrogens is 3. The van der Waals surface area contributed by atoms with E-state index in [-0.39, 0.29) is 5.91 Å². The van der Waals surface area contributed by atoms with Crippen molar-refractivity contribution in [3.8, 4) is 5.69 Å². The van der Waals surface area contributed by atoms with Crippen LogP contribution in [0.15, 0.2) is 36.7 Å². The fraction of sp³-hybridized carbons (Fsp3) is 0.333. The van der Waals surface area contributed by atoms with Crippen molar-refractivity contribution in [2.45, 2.75) is 20.3 Å². The predicted octanol–water partition coefficient (Wildman–Crippen LogP) is 1.50. The average Bonchev–Trinajstić information content (AvgIpc) is 3.01. The number of amides is 1. The molecule has 7 nitrogen and oxygen atoms in total. The van der Waals surface area contributed by atoms with Crippen molar-refractivity contribution in [1.29, 1.82) is 0 Å². The van der Waals surface area contributed by atoms with Crippen LogP contribution in [0.4, 0.5) is 0 Å². The second-order valence-electron chi connectivity index (χ2n) is 5.59. The zero-order valence-electron chi connectivity index (χ0n) is 12.5. The monoisotopic (exact) mass is 302 g/mol. The molecule has 0 saturated heterocycles. The van der Waals surface area contributed by atoms with Gasteiger partial charge in [-0.25, -0.2) is 4.68 Å². The van der Waals surface area contributed by atoms with Gasteiger partial charge in [0.05, 0.1) is 23.5 Å². The first-order valence-corrected chi connectivity index (χ1v) is 6.88. The van der Waals surface area contributed by atoms with E-state index in [2.05, 4.69) is 15.6 Å². The molecule has 0 aliphatic heterocycles. The summed E-state index contributed by atoms with van der Waals surface area (Å²) in [6, 6.07) is 6.97. The Bertz CT molecular complexity index is 665. The predicted molar refractivity (Wildman–Crippen MR) is 79.7 cm³/mol. The maximum Gasteiger partial charge on any atom is 0.309 e. The maximum absolute atomic E-state index is 12.1. The lowest BCUT2D eigenvalue weighted by molar-refractivity contribution is -0.147. The van der Waals surface area contributed by atoms with Gasteiger partial charge < -0.3 is 10.4 Å². The number of carbonyl (C=O) groups excluding carboxylic acids is 1. The van der Waals surface area contributed by atoms with Gasteiger partial charge in [-0.15, -0.1) is 5.10 Å². The largest absolute Gasteiger partial charge is 0.481 e. The van der Waals surface area contributed by atoms with E-state index in [0.29, 0.717) is 18.5 Å². The highest BCUT2D eigenvalue weighted by atomic mass is 16.4. The van der Waals surface area contributed by atoms with Crippen LogP contribution in [0.25, 0.3) is 5.69 Å². The summed E-state index contributed by atoms with van der Waals surface area (Å²) in [5.41, 5.74) is 0.354. The molecule has 0 radical (unpaired) electrons. The smallest absolute Gasteiger partial charge is 0.309 e. The number of aliphatic carboxylic acids is 1. The molecule has 0 unspecified atom stereocenters. The van der Waals surface area contributed by atoms with Crippen LogP contribution in [0.5, 0.6) is 0 Å². The zero-order chi connectivity index (χ0) is 16.2. The Hall–Kier alpha value is -2.70. The van der Waals surface area contributed by atoms with Gasteiger partial charge in [-0.05, 0) is 38.5 Å². The molecule has 0 aliphatic carbocycles. The first kappa shape index (κ1) is 15.7. The highest BCUT2D eigenvalue weighted by molar-refractivity contribution is 5.94. The summed E-state index contributed by atoms with van der Waals surface area (Å²) >= 11 is 0. The Labute approximate surface area is 128 Å². The molecule has 2 N–H and O–H groups in total. The summed E-state index contributed by atoms with van der Waals surface area (Å²) in [6.45, 7) is 3.56. The molecular formula is C15H18N4O3. The summed E-state index contributed by atoms with van der Waals surface area (Å²) in [7, 11) is 0. The van der Waals surface area contributed by atoms with E-state index in [1.54, 1.807) is 49.1 Å². The fourth-order valence-electron chi connectivity index (χ4n) is 1.83. The number of nitrogens with zero attached hydrogens (tertiary/aromatic N) is 3. The molecule has 0 aliphatic rings. The quantitative estimate of drug-likeness (QED) is 0.842. The fourth-order valence-corrected chi connectivity index (χ4v) is 1.83. The van der Waals surface area contributed by atoms with Gasteiger partial charge in [0.25, 0.3) is 5.91 Å². The lowest BCUT2D eigenvalue weighted by atomic mass is 9.90. The lowest BCUT2D eigenvalue weighted by Crippen LogP contribution is -2.32. The summed E-state index contributed by atoms with van der Waals surface area (Å²) in [4.78, 5) is 23.1. The van der Waals surface area contributed by atoms with E-state index in [4.69, 9.17) is 5.11 Å². The van der Waals surface area contributed by atoms with Crippen molar-refractivity contribution < 1.29 is 14.7 Å². The van der Waals surface area contributed by atoms with Crippen LogP contribution in [0.3, 0.4) is 0 Å². The van der Waals surface area contributed by atoms with Crippen LogP contribution in [0, 0.1) is 5.41 Å². The molecule has 0 saturated carbocycles. The molecule has 1 amide bonds. The Balaban J connectivity index is 1.99. The number of nitrogens with one attached hydrogen (secondary N) is 1. The molecule has 0 fully saturated rings. The highest BCUT2D eigenvalue weighted by Gasteiger charge is 2.26. The third-order valence-electron chi connectivity index (χ3n) is 3.41. The third kappa shape index (κ3) is 3.69. The number of hydrogen-bond donors (Lipinski definition) is 2. The Morgan fingerprint density at radius 1 is 1.36 bits per heavy atom. The van der Waals surface area contributed by atoms with Gasteiger partial charge in [0.1, 0.15) is 0 Å². The second-order valence-corrected chi connectivity index (χ2v) is 5.59. The van der Waals surface area contributed by atoms with Crippen molar-refractivity contribution >= 4 is 11.9 Å². The number of benzene rings is 1. The molecule has 2 aromatic rings. The number of hydrogen-bond acceptors (Lipinski definition) is 4. The van der Waals surface area contributed by atoms with Crippen molar-refractivity contribution in [3.05, 3.63) is 42.2 Å². The topological polar surface area (TPSA) is 97.1 Å². The van der Waals surface area contributed by atoms with E-state index in [1.165, 1.54) is 0 Å². The summed E-state index contributed by atoms with van der Waals surface area (Å²) in [5.74, 6) is -1.13. The normalized spacial score (nSPS) is 11.2. The minimum atomic E-state index is -0.880. The lowest BCUT2D eigenvalue weighted by Gasteiger charge is -2.18. The molecule has 2 rings (SSSR count). The molecule has 0 spiro atoms. The van der Waals surface area contributed by atoms with Crippen LogP contribution in [0.1, 0.15) is 30.6 Å². The van der Waals surface area contributed by atoms with Crippen LogP contribution in [-0.2, 0) is 4.79 Å². The van der Waals surface area contributed by atoms with E-state index >= 15 is 0 Å². The molecule has 7 heteroatoms. The van der Waals surface area contributed by atoms with Crippen LogP contribution < -0.4 is 5.32 Å². The SMILES string of the molecule is CC(C)(CCNC(=O)c1cccc(-n2ccnn2)c1)C(=O)O. The minimum Gasteiger partial charge on any atom is -0.481 e. The summed E-state index contributed by atoms with van der Waals surface area (Å²) in [6.07, 6.45) is 3.60. The molecule has 1 heterocycles.